The number of ether oxygens (including phenoxy) is 1. The van der Waals surface area contributed by atoms with Crippen LogP contribution in [0.1, 0.15) is 27.8 Å². The minimum absolute atomic E-state index is 0.568. The number of hydroxylamine groups is 1. The van der Waals surface area contributed by atoms with Crippen LogP contribution in [-0.2, 0) is 4.79 Å². The first kappa shape index (κ1) is 20.4. The number of aromatic amines is 1. The van der Waals surface area contributed by atoms with E-state index in [2.05, 4.69) is 49.7 Å². The number of carbonyl (C=O) groups excluding carboxylic acids is 1. The molecule has 1 amide bonds. The Hall–Kier alpha value is -3.83. The zero-order chi connectivity index (χ0) is 22.1. The molecule has 31 heavy (non-hydrogen) atoms. The van der Waals surface area contributed by atoms with Gasteiger partial charge in [-0.25, -0.2) is 5.48 Å². The van der Waals surface area contributed by atoms with Gasteiger partial charge in [0.15, 0.2) is 0 Å². The standard InChI is InChI=1S/C26H24N2O3/c1-15-11-20(14-25(31-4)16(15)2)17(3)19-7-9-24-22(13-19)21-12-18(5-8-23(21)27-24)6-10-26(29)28-30/h5-14,27,30H,3H2,1-2,4H3,(H,28,29)/b10-6+. The summed E-state index contributed by atoms with van der Waals surface area (Å²) in [6.07, 6.45) is 2.95. The van der Waals surface area contributed by atoms with E-state index in [0.29, 0.717) is 0 Å². The molecular weight excluding hydrogens is 388 g/mol. The second kappa shape index (κ2) is 8.13. The van der Waals surface area contributed by atoms with Gasteiger partial charge in [-0.1, -0.05) is 24.8 Å². The van der Waals surface area contributed by atoms with E-state index in [1.807, 2.05) is 24.3 Å². The first-order valence-electron chi connectivity index (χ1n) is 9.94. The minimum Gasteiger partial charge on any atom is -0.496 e. The summed E-state index contributed by atoms with van der Waals surface area (Å²) < 4.78 is 5.53. The van der Waals surface area contributed by atoms with Crippen molar-refractivity contribution in [3.05, 3.63) is 89.0 Å². The van der Waals surface area contributed by atoms with Gasteiger partial charge in [-0.3, -0.25) is 10.0 Å². The molecule has 5 heteroatoms. The number of fused-ring (bicyclic) bond motifs is 3. The fourth-order valence-corrected chi connectivity index (χ4v) is 3.80. The summed E-state index contributed by atoms with van der Waals surface area (Å²) in [7, 11) is 1.68. The normalized spacial score (nSPS) is 11.4. The number of amides is 1. The van der Waals surface area contributed by atoms with E-state index >= 15 is 0 Å². The quantitative estimate of drug-likeness (QED) is 0.229. The monoisotopic (exact) mass is 412 g/mol. The molecule has 0 aliphatic carbocycles. The zero-order valence-electron chi connectivity index (χ0n) is 17.7. The van der Waals surface area contributed by atoms with Crippen molar-refractivity contribution in [3.63, 3.8) is 0 Å². The smallest absolute Gasteiger partial charge is 0.267 e. The molecule has 0 aliphatic heterocycles. The van der Waals surface area contributed by atoms with Gasteiger partial charge in [-0.2, -0.15) is 0 Å². The zero-order valence-corrected chi connectivity index (χ0v) is 17.7. The number of nitrogens with one attached hydrogen (secondary N) is 2. The van der Waals surface area contributed by atoms with Crippen LogP contribution in [-0.4, -0.2) is 23.2 Å². The lowest BCUT2D eigenvalue weighted by atomic mass is 9.94. The predicted molar refractivity (Wildman–Crippen MR) is 125 cm³/mol. The Morgan fingerprint density at radius 3 is 2.45 bits per heavy atom. The largest absolute Gasteiger partial charge is 0.496 e. The van der Waals surface area contributed by atoms with Crippen molar-refractivity contribution < 1.29 is 14.7 Å². The van der Waals surface area contributed by atoms with E-state index in [1.165, 1.54) is 6.08 Å². The number of carbonyl (C=O) groups is 1. The summed E-state index contributed by atoms with van der Waals surface area (Å²) >= 11 is 0. The summed E-state index contributed by atoms with van der Waals surface area (Å²) in [6.45, 7) is 8.47. The van der Waals surface area contributed by atoms with Crippen molar-refractivity contribution in [3.8, 4) is 5.75 Å². The first-order chi connectivity index (χ1) is 14.9. The maximum atomic E-state index is 11.3. The van der Waals surface area contributed by atoms with Crippen LogP contribution in [0.25, 0.3) is 33.5 Å². The van der Waals surface area contributed by atoms with Gasteiger partial charge >= 0.3 is 0 Å². The Balaban J connectivity index is 1.78. The molecule has 5 nitrogen and oxygen atoms in total. The van der Waals surface area contributed by atoms with Gasteiger partial charge < -0.3 is 9.72 Å². The highest BCUT2D eigenvalue weighted by Crippen LogP contribution is 2.33. The maximum absolute atomic E-state index is 11.3. The lowest BCUT2D eigenvalue weighted by Crippen LogP contribution is -2.14. The van der Waals surface area contributed by atoms with Crippen molar-refractivity contribution >= 4 is 39.4 Å². The third-order valence-corrected chi connectivity index (χ3v) is 5.70. The Labute approximate surface area is 180 Å². The van der Waals surface area contributed by atoms with E-state index in [9.17, 15) is 4.79 Å². The maximum Gasteiger partial charge on any atom is 0.267 e. The Morgan fingerprint density at radius 1 is 1.03 bits per heavy atom. The molecule has 4 aromatic rings. The van der Waals surface area contributed by atoms with Gasteiger partial charge in [0.25, 0.3) is 5.91 Å². The van der Waals surface area contributed by atoms with Crippen LogP contribution < -0.4 is 10.2 Å². The number of hydrogen-bond acceptors (Lipinski definition) is 3. The Kier molecular flexibility index (Phi) is 5.36. The number of aryl methyl sites for hydroxylation is 1. The van der Waals surface area contributed by atoms with Gasteiger partial charge in [0.1, 0.15) is 5.75 Å². The minimum atomic E-state index is -0.568. The highest BCUT2D eigenvalue weighted by atomic mass is 16.5. The van der Waals surface area contributed by atoms with Crippen LogP contribution in [0.15, 0.2) is 61.2 Å². The van der Waals surface area contributed by atoms with Crippen LogP contribution in [0.4, 0.5) is 0 Å². The van der Waals surface area contributed by atoms with Crippen molar-refractivity contribution in [2.24, 2.45) is 0 Å². The molecule has 0 radical (unpaired) electrons. The fraction of sp³-hybridized carbons (Fsp3) is 0.115. The highest BCUT2D eigenvalue weighted by Gasteiger charge is 2.11. The van der Waals surface area contributed by atoms with E-state index in [4.69, 9.17) is 9.94 Å². The number of rotatable bonds is 5. The lowest BCUT2D eigenvalue weighted by molar-refractivity contribution is -0.124. The van der Waals surface area contributed by atoms with Crippen LogP contribution >= 0.6 is 0 Å². The second-order valence-electron chi connectivity index (χ2n) is 7.60. The molecular formula is C26H24N2O3. The van der Waals surface area contributed by atoms with Crippen LogP contribution in [0, 0.1) is 13.8 Å². The fourth-order valence-electron chi connectivity index (χ4n) is 3.80. The molecule has 0 bridgehead atoms. The Morgan fingerprint density at radius 2 is 1.74 bits per heavy atom. The average Bonchev–Trinajstić information content (AvgIpc) is 3.15. The number of H-pyrrole nitrogens is 1. The van der Waals surface area contributed by atoms with Gasteiger partial charge in [0, 0.05) is 27.9 Å². The predicted octanol–water partition coefficient (Wildman–Crippen LogP) is 5.53. The SMILES string of the molecule is C=C(c1cc(C)c(C)c(OC)c1)c1ccc2[nH]c3ccc(/C=C/C(=O)NO)cc3c2c1. The summed E-state index contributed by atoms with van der Waals surface area (Å²) in [5.74, 6) is 0.286. The van der Waals surface area contributed by atoms with Gasteiger partial charge in [0.2, 0.25) is 0 Å². The van der Waals surface area contributed by atoms with Gasteiger partial charge in [0.05, 0.1) is 7.11 Å². The summed E-state index contributed by atoms with van der Waals surface area (Å²) in [6, 6.07) is 16.3. The number of benzene rings is 3. The molecule has 4 rings (SSSR count). The molecule has 0 saturated carbocycles. The van der Waals surface area contributed by atoms with Crippen LogP contribution in [0.3, 0.4) is 0 Å². The first-order valence-corrected chi connectivity index (χ1v) is 9.94. The average molecular weight is 412 g/mol. The van der Waals surface area contributed by atoms with E-state index in [1.54, 1.807) is 18.7 Å². The molecule has 0 spiro atoms. The molecule has 0 unspecified atom stereocenters. The molecule has 1 heterocycles. The summed E-state index contributed by atoms with van der Waals surface area (Å²) in [5.41, 5.74) is 9.76. The number of methoxy groups -OCH3 is 1. The summed E-state index contributed by atoms with van der Waals surface area (Å²) in [4.78, 5) is 14.7. The molecule has 0 atom stereocenters. The molecule has 3 aromatic carbocycles. The summed E-state index contributed by atoms with van der Waals surface area (Å²) in [5, 5.41) is 10.8. The van der Waals surface area contributed by atoms with E-state index in [-0.39, 0.29) is 0 Å². The van der Waals surface area contributed by atoms with Crippen LogP contribution in [0.5, 0.6) is 5.75 Å². The third-order valence-electron chi connectivity index (χ3n) is 5.70. The van der Waals surface area contributed by atoms with Crippen molar-refractivity contribution in [2.45, 2.75) is 13.8 Å². The molecule has 0 aliphatic rings. The molecule has 0 saturated heterocycles. The van der Waals surface area contributed by atoms with Gasteiger partial charge in [-0.05, 0) is 83.6 Å². The van der Waals surface area contributed by atoms with Gasteiger partial charge in [-0.15, -0.1) is 0 Å². The highest BCUT2D eigenvalue weighted by molar-refractivity contribution is 6.09. The third kappa shape index (κ3) is 3.83. The second-order valence-corrected chi connectivity index (χ2v) is 7.60. The van der Waals surface area contributed by atoms with Crippen LogP contribution in [0.2, 0.25) is 0 Å². The Bertz CT molecular complexity index is 1360. The molecule has 0 fully saturated rings. The van der Waals surface area contributed by atoms with E-state index < -0.39 is 5.91 Å². The number of aromatic nitrogens is 1. The number of hydrogen-bond donors (Lipinski definition) is 3. The molecule has 156 valence electrons. The van der Waals surface area contributed by atoms with Crippen molar-refractivity contribution in [1.82, 2.24) is 10.5 Å². The topological polar surface area (TPSA) is 74.4 Å². The van der Waals surface area contributed by atoms with Crippen molar-refractivity contribution in [2.75, 3.05) is 7.11 Å². The molecule has 3 N–H and O–H groups in total. The molecule has 1 aromatic heterocycles. The van der Waals surface area contributed by atoms with Crippen molar-refractivity contribution in [1.29, 1.82) is 0 Å². The lowest BCUT2D eigenvalue weighted by Gasteiger charge is -2.13. The van der Waals surface area contributed by atoms with E-state index in [0.717, 1.165) is 60.9 Å².